The Morgan fingerprint density at radius 3 is 2.53 bits per heavy atom. The van der Waals surface area contributed by atoms with Crippen molar-refractivity contribution in [1.82, 2.24) is 0 Å². The van der Waals surface area contributed by atoms with Crippen LogP contribution in [0.25, 0.3) is 0 Å². The highest BCUT2D eigenvalue weighted by Crippen LogP contribution is 2.53. The second-order valence-electron chi connectivity index (χ2n) is 4.91. The summed E-state index contributed by atoms with van der Waals surface area (Å²) < 4.78 is 0. The van der Waals surface area contributed by atoms with Crippen LogP contribution in [0.2, 0.25) is 5.02 Å². The molecule has 15 heavy (non-hydrogen) atoms. The monoisotopic (exact) mass is 222 g/mol. The molecule has 1 nitrogen and oxygen atoms in total. The fraction of sp³-hybridized carbons (Fsp3) is 0.462. The molecule has 0 N–H and O–H groups in total. The molecule has 1 aromatic rings. The zero-order valence-electron chi connectivity index (χ0n) is 9.25. The summed E-state index contributed by atoms with van der Waals surface area (Å²) in [6.45, 7) is 6.03. The number of carbonyl (C=O) groups is 1. The maximum atomic E-state index is 11.7. The number of halogens is 1. The molecule has 0 amide bonds. The average molecular weight is 223 g/mol. The molecule has 0 aromatic heterocycles. The molecule has 1 aromatic carbocycles. The lowest BCUT2D eigenvalue weighted by Gasteiger charge is -2.48. The van der Waals surface area contributed by atoms with Crippen LogP contribution < -0.4 is 0 Å². The third kappa shape index (κ3) is 1.50. The minimum Gasteiger partial charge on any atom is -0.299 e. The Morgan fingerprint density at radius 1 is 1.33 bits per heavy atom. The molecule has 2 heteroatoms. The fourth-order valence-electron chi connectivity index (χ4n) is 2.83. The lowest BCUT2D eigenvalue weighted by atomic mass is 9.53. The molecule has 0 spiro atoms. The van der Waals surface area contributed by atoms with E-state index in [4.69, 9.17) is 11.6 Å². The van der Waals surface area contributed by atoms with Crippen LogP contribution in [0.5, 0.6) is 0 Å². The Bertz CT molecular complexity index is 409. The first kappa shape index (κ1) is 10.7. The van der Waals surface area contributed by atoms with Crippen LogP contribution in [0.15, 0.2) is 24.3 Å². The number of ketones is 1. The molecule has 0 bridgehead atoms. The zero-order chi connectivity index (χ0) is 11.2. The molecule has 0 heterocycles. The maximum absolute atomic E-state index is 11.7. The largest absolute Gasteiger partial charge is 0.299 e. The molecule has 80 valence electrons. The zero-order valence-corrected chi connectivity index (χ0v) is 10.0. The Kier molecular flexibility index (Phi) is 2.38. The van der Waals surface area contributed by atoms with Gasteiger partial charge in [0.2, 0.25) is 0 Å². The lowest BCUT2D eigenvalue weighted by molar-refractivity contribution is -0.145. The third-order valence-electron chi connectivity index (χ3n) is 3.53. The summed E-state index contributed by atoms with van der Waals surface area (Å²) in [6.07, 6.45) is 0. The van der Waals surface area contributed by atoms with Gasteiger partial charge >= 0.3 is 0 Å². The lowest BCUT2D eigenvalue weighted by Crippen LogP contribution is -2.51. The van der Waals surface area contributed by atoms with Crippen molar-refractivity contribution in [2.24, 2.45) is 11.3 Å². The van der Waals surface area contributed by atoms with E-state index in [0.717, 1.165) is 5.02 Å². The molecule has 1 fully saturated rings. The molecular weight excluding hydrogens is 208 g/mol. The number of carbonyl (C=O) groups excluding carboxylic acids is 1. The van der Waals surface area contributed by atoms with E-state index in [0.29, 0.717) is 11.7 Å². The SMILES string of the molecule is CC1C(=O)C(C)(C)C1c1cccc(Cl)c1. The summed E-state index contributed by atoms with van der Waals surface area (Å²) in [7, 11) is 0. The smallest absolute Gasteiger partial charge is 0.142 e. The van der Waals surface area contributed by atoms with Gasteiger partial charge < -0.3 is 0 Å². The Morgan fingerprint density at radius 2 is 2.00 bits per heavy atom. The van der Waals surface area contributed by atoms with E-state index in [1.54, 1.807) is 0 Å². The Labute approximate surface area is 95.4 Å². The molecule has 1 saturated carbocycles. The van der Waals surface area contributed by atoms with Crippen LogP contribution in [0.1, 0.15) is 32.3 Å². The van der Waals surface area contributed by atoms with Crippen molar-refractivity contribution >= 4 is 17.4 Å². The van der Waals surface area contributed by atoms with Gasteiger partial charge in [0.1, 0.15) is 5.78 Å². The standard InChI is InChI=1S/C13H15ClO/c1-8-11(13(2,3)12(8)15)9-5-4-6-10(14)7-9/h4-8,11H,1-3H3. The first-order chi connectivity index (χ1) is 6.94. The van der Waals surface area contributed by atoms with Crippen molar-refractivity contribution in [3.63, 3.8) is 0 Å². The number of Topliss-reactive ketones (excluding diaryl/α,β-unsaturated/α-hetero) is 1. The number of hydrogen-bond acceptors (Lipinski definition) is 1. The van der Waals surface area contributed by atoms with E-state index in [-0.39, 0.29) is 11.3 Å². The van der Waals surface area contributed by atoms with Crippen LogP contribution in [0, 0.1) is 11.3 Å². The van der Waals surface area contributed by atoms with Crippen LogP contribution in [0.3, 0.4) is 0 Å². The molecule has 0 radical (unpaired) electrons. The third-order valence-corrected chi connectivity index (χ3v) is 3.77. The van der Waals surface area contributed by atoms with E-state index in [2.05, 4.69) is 6.07 Å². The van der Waals surface area contributed by atoms with E-state index >= 15 is 0 Å². The first-order valence-electron chi connectivity index (χ1n) is 5.24. The van der Waals surface area contributed by atoms with Gasteiger partial charge in [-0.1, -0.05) is 44.5 Å². The van der Waals surface area contributed by atoms with Gasteiger partial charge in [-0.05, 0) is 17.7 Å². The van der Waals surface area contributed by atoms with Crippen molar-refractivity contribution in [2.75, 3.05) is 0 Å². The fourth-order valence-corrected chi connectivity index (χ4v) is 3.02. The topological polar surface area (TPSA) is 17.1 Å². The quantitative estimate of drug-likeness (QED) is 0.709. The average Bonchev–Trinajstić information content (AvgIpc) is 2.17. The highest BCUT2D eigenvalue weighted by Gasteiger charge is 2.53. The predicted molar refractivity (Wildman–Crippen MR) is 62.1 cm³/mol. The second kappa shape index (κ2) is 3.34. The number of benzene rings is 1. The van der Waals surface area contributed by atoms with Crippen LogP contribution in [-0.2, 0) is 4.79 Å². The second-order valence-corrected chi connectivity index (χ2v) is 5.34. The summed E-state index contributed by atoms with van der Waals surface area (Å²) in [5, 5.41) is 0.745. The number of hydrogen-bond donors (Lipinski definition) is 0. The summed E-state index contributed by atoms with van der Waals surface area (Å²) in [4.78, 5) is 11.7. The van der Waals surface area contributed by atoms with Gasteiger partial charge in [0.05, 0.1) is 0 Å². The maximum Gasteiger partial charge on any atom is 0.142 e. The minimum absolute atomic E-state index is 0.124. The van der Waals surface area contributed by atoms with Gasteiger partial charge in [-0.2, -0.15) is 0 Å². The molecule has 2 rings (SSSR count). The van der Waals surface area contributed by atoms with Gasteiger partial charge in [-0.3, -0.25) is 4.79 Å². The minimum atomic E-state index is -0.232. The highest BCUT2D eigenvalue weighted by molar-refractivity contribution is 6.30. The molecule has 1 aliphatic carbocycles. The highest BCUT2D eigenvalue weighted by atomic mass is 35.5. The Balaban J connectivity index is 2.37. The van der Waals surface area contributed by atoms with Crippen molar-refractivity contribution in [3.05, 3.63) is 34.9 Å². The Hall–Kier alpha value is -0.820. The van der Waals surface area contributed by atoms with E-state index < -0.39 is 0 Å². The molecular formula is C13H15ClO. The van der Waals surface area contributed by atoms with Gasteiger partial charge in [-0.25, -0.2) is 0 Å². The van der Waals surface area contributed by atoms with Crippen LogP contribution in [0.4, 0.5) is 0 Å². The molecule has 2 unspecified atom stereocenters. The van der Waals surface area contributed by atoms with Crippen molar-refractivity contribution in [3.8, 4) is 0 Å². The number of rotatable bonds is 1. The van der Waals surface area contributed by atoms with Crippen molar-refractivity contribution in [2.45, 2.75) is 26.7 Å². The summed E-state index contributed by atoms with van der Waals surface area (Å²) in [5.41, 5.74) is 0.948. The summed E-state index contributed by atoms with van der Waals surface area (Å²) >= 11 is 5.96. The predicted octanol–water partition coefficient (Wildman–Crippen LogP) is 3.67. The van der Waals surface area contributed by atoms with E-state index in [9.17, 15) is 4.79 Å². The van der Waals surface area contributed by atoms with Crippen molar-refractivity contribution in [1.29, 1.82) is 0 Å². The molecule has 1 aliphatic rings. The van der Waals surface area contributed by atoms with E-state index in [1.165, 1.54) is 5.56 Å². The van der Waals surface area contributed by atoms with Gasteiger partial charge in [0.25, 0.3) is 0 Å². The van der Waals surface area contributed by atoms with Gasteiger partial charge in [0, 0.05) is 22.3 Å². The van der Waals surface area contributed by atoms with E-state index in [1.807, 2.05) is 39.0 Å². The van der Waals surface area contributed by atoms with Gasteiger partial charge in [0.15, 0.2) is 0 Å². The first-order valence-corrected chi connectivity index (χ1v) is 5.62. The van der Waals surface area contributed by atoms with Crippen LogP contribution in [-0.4, -0.2) is 5.78 Å². The summed E-state index contributed by atoms with van der Waals surface area (Å²) in [5.74, 6) is 0.787. The summed E-state index contributed by atoms with van der Waals surface area (Å²) in [6, 6.07) is 7.84. The van der Waals surface area contributed by atoms with Crippen molar-refractivity contribution < 1.29 is 4.79 Å². The normalized spacial score (nSPS) is 28.7. The van der Waals surface area contributed by atoms with Crippen LogP contribution >= 0.6 is 11.6 Å². The molecule has 2 atom stereocenters. The van der Waals surface area contributed by atoms with Gasteiger partial charge in [-0.15, -0.1) is 0 Å². The molecule has 0 aliphatic heterocycles. The molecule has 0 saturated heterocycles.